The molecule has 0 saturated heterocycles. The maximum Gasteiger partial charge on any atom is 0.119 e. The van der Waals surface area contributed by atoms with Crippen LogP contribution in [0.25, 0.3) is 0 Å². The molecule has 0 aliphatic rings. The Bertz CT molecular complexity index is 520. The van der Waals surface area contributed by atoms with E-state index in [1.165, 1.54) is 11.1 Å². The number of aromatic nitrogens is 2. The van der Waals surface area contributed by atoms with E-state index in [9.17, 15) is 0 Å². The van der Waals surface area contributed by atoms with Gasteiger partial charge in [0.25, 0.3) is 0 Å². The van der Waals surface area contributed by atoms with Gasteiger partial charge in [-0.25, -0.2) is 0 Å². The fourth-order valence-corrected chi connectivity index (χ4v) is 1.96. The lowest BCUT2D eigenvalue weighted by atomic mass is 10.2. The zero-order chi connectivity index (χ0) is 13.0. The highest BCUT2D eigenvalue weighted by molar-refractivity contribution is 5.28. The van der Waals surface area contributed by atoms with Crippen LogP contribution in [0.3, 0.4) is 0 Å². The number of aryl methyl sites for hydroxylation is 1. The van der Waals surface area contributed by atoms with Crippen LogP contribution in [0.4, 0.5) is 0 Å². The van der Waals surface area contributed by atoms with E-state index in [2.05, 4.69) is 22.7 Å². The molecule has 4 heteroatoms. The summed E-state index contributed by atoms with van der Waals surface area (Å²) in [5.74, 6) is 0.881. The van der Waals surface area contributed by atoms with E-state index in [-0.39, 0.29) is 0 Å². The van der Waals surface area contributed by atoms with E-state index in [1.807, 2.05) is 36.9 Å². The Morgan fingerprint density at radius 1 is 1.39 bits per heavy atom. The number of hydrogen-bond acceptors (Lipinski definition) is 3. The predicted molar refractivity (Wildman–Crippen MR) is 71.8 cm³/mol. The van der Waals surface area contributed by atoms with E-state index in [4.69, 9.17) is 4.74 Å². The van der Waals surface area contributed by atoms with Crippen molar-refractivity contribution in [3.8, 4) is 5.75 Å². The molecule has 0 aliphatic carbocycles. The summed E-state index contributed by atoms with van der Waals surface area (Å²) in [6.07, 6.45) is 2.09. The van der Waals surface area contributed by atoms with Crippen molar-refractivity contribution in [2.24, 2.45) is 0 Å². The van der Waals surface area contributed by atoms with Gasteiger partial charge in [-0.1, -0.05) is 12.1 Å². The number of hydrogen-bond donors (Lipinski definition) is 1. The molecule has 96 valence electrons. The summed E-state index contributed by atoms with van der Waals surface area (Å²) in [5, 5.41) is 7.66. The molecule has 1 aromatic carbocycles. The van der Waals surface area contributed by atoms with Crippen molar-refractivity contribution in [1.82, 2.24) is 15.1 Å². The third-order valence-electron chi connectivity index (χ3n) is 2.89. The predicted octanol–water partition coefficient (Wildman–Crippen LogP) is 1.97. The molecule has 2 rings (SSSR count). The minimum atomic E-state index is 0.766. The first kappa shape index (κ1) is 12.6. The molecule has 0 amide bonds. The molecular weight excluding hydrogens is 226 g/mol. The zero-order valence-electron chi connectivity index (χ0n) is 11.1. The van der Waals surface area contributed by atoms with Crippen LogP contribution in [0.2, 0.25) is 0 Å². The molecule has 0 unspecified atom stereocenters. The van der Waals surface area contributed by atoms with E-state index in [0.717, 1.165) is 24.5 Å². The molecule has 1 heterocycles. The molecule has 0 aliphatic heterocycles. The van der Waals surface area contributed by atoms with Gasteiger partial charge in [0.1, 0.15) is 5.75 Å². The molecule has 0 fully saturated rings. The van der Waals surface area contributed by atoms with Crippen molar-refractivity contribution >= 4 is 0 Å². The maximum atomic E-state index is 5.22. The summed E-state index contributed by atoms with van der Waals surface area (Å²) in [7, 11) is 3.63. The molecule has 0 atom stereocenters. The molecule has 1 aromatic heterocycles. The van der Waals surface area contributed by atoms with E-state index in [1.54, 1.807) is 7.11 Å². The van der Waals surface area contributed by atoms with Crippen LogP contribution in [0.5, 0.6) is 5.75 Å². The molecule has 1 N–H and O–H groups in total. The van der Waals surface area contributed by atoms with Gasteiger partial charge in [0.15, 0.2) is 0 Å². The first-order valence-electron chi connectivity index (χ1n) is 6.03. The normalized spacial score (nSPS) is 10.6. The highest BCUT2D eigenvalue weighted by Crippen LogP contribution is 2.14. The maximum absolute atomic E-state index is 5.22. The Labute approximate surface area is 108 Å². The highest BCUT2D eigenvalue weighted by Gasteiger charge is 2.04. The van der Waals surface area contributed by atoms with Gasteiger partial charge in [0.05, 0.1) is 19.3 Å². The van der Waals surface area contributed by atoms with Crippen molar-refractivity contribution in [2.75, 3.05) is 14.2 Å². The molecule has 0 saturated carbocycles. The number of nitrogens with zero attached hydrogens (tertiary/aromatic N) is 2. The van der Waals surface area contributed by atoms with Gasteiger partial charge in [-0.05, 0) is 31.7 Å². The first-order valence-corrected chi connectivity index (χ1v) is 6.03. The zero-order valence-corrected chi connectivity index (χ0v) is 11.1. The Balaban J connectivity index is 2.15. The minimum absolute atomic E-state index is 0.766. The van der Waals surface area contributed by atoms with Crippen molar-refractivity contribution in [3.05, 3.63) is 47.3 Å². The van der Waals surface area contributed by atoms with Gasteiger partial charge in [0.2, 0.25) is 0 Å². The van der Waals surface area contributed by atoms with Crippen molar-refractivity contribution in [3.63, 3.8) is 0 Å². The van der Waals surface area contributed by atoms with Crippen LogP contribution in [0.1, 0.15) is 16.8 Å². The fraction of sp³-hybridized carbons (Fsp3) is 0.357. The van der Waals surface area contributed by atoms with Gasteiger partial charge < -0.3 is 10.1 Å². The summed E-state index contributed by atoms with van der Waals surface area (Å²) >= 11 is 0. The van der Waals surface area contributed by atoms with Crippen molar-refractivity contribution < 1.29 is 4.74 Å². The largest absolute Gasteiger partial charge is 0.497 e. The first-order chi connectivity index (χ1) is 8.72. The fourth-order valence-electron chi connectivity index (χ4n) is 1.96. The number of benzene rings is 1. The second-order valence-electron chi connectivity index (χ2n) is 4.32. The SMILES string of the molecule is CNCc1cn(Cc2cccc(OC)c2)nc1C. The van der Waals surface area contributed by atoms with Crippen LogP contribution in [-0.2, 0) is 13.1 Å². The average Bonchev–Trinajstić information content (AvgIpc) is 2.70. The van der Waals surface area contributed by atoms with E-state index >= 15 is 0 Å². The van der Waals surface area contributed by atoms with Crippen LogP contribution >= 0.6 is 0 Å². The van der Waals surface area contributed by atoms with Crippen LogP contribution in [0, 0.1) is 6.92 Å². The van der Waals surface area contributed by atoms with Crippen LogP contribution in [-0.4, -0.2) is 23.9 Å². The van der Waals surface area contributed by atoms with Gasteiger partial charge >= 0.3 is 0 Å². The average molecular weight is 245 g/mol. The molecule has 0 spiro atoms. The van der Waals surface area contributed by atoms with Crippen molar-refractivity contribution in [1.29, 1.82) is 0 Å². The highest BCUT2D eigenvalue weighted by atomic mass is 16.5. The van der Waals surface area contributed by atoms with Crippen molar-refractivity contribution in [2.45, 2.75) is 20.0 Å². The molecule has 4 nitrogen and oxygen atoms in total. The Kier molecular flexibility index (Phi) is 3.99. The molecule has 0 bridgehead atoms. The number of nitrogens with one attached hydrogen (secondary N) is 1. The van der Waals surface area contributed by atoms with Gasteiger partial charge in [-0.3, -0.25) is 4.68 Å². The monoisotopic (exact) mass is 245 g/mol. The molecule has 18 heavy (non-hydrogen) atoms. The Hall–Kier alpha value is -1.81. The summed E-state index contributed by atoms with van der Waals surface area (Å²) in [6, 6.07) is 8.06. The topological polar surface area (TPSA) is 39.1 Å². The third-order valence-corrected chi connectivity index (χ3v) is 2.89. The summed E-state index contributed by atoms with van der Waals surface area (Å²) in [4.78, 5) is 0. The molecular formula is C14H19N3O. The third kappa shape index (κ3) is 2.90. The number of ether oxygens (including phenoxy) is 1. The lowest BCUT2D eigenvalue weighted by Gasteiger charge is -2.04. The van der Waals surface area contributed by atoms with E-state index in [0.29, 0.717) is 0 Å². The summed E-state index contributed by atoms with van der Waals surface area (Å²) in [6.45, 7) is 3.65. The van der Waals surface area contributed by atoms with Gasteiger partial charge in [0, 0.05) is 18.3 Å². The second-order valence-corrected chi connectivity index (χ2v) is 4.32. The van der Waals surface area contributed by atoms with Crippen LogP contribution < -0.4 is 10.1 Å². The number of methoxy groups -OCH3 is 1. The quantitative estimate of drug-likeness (QED) is 0.875. The Morgan fingerprint density at radius 3 is 2.94 bits per heavy atom. The smallest absolute Gasteiger partial charge is 0.119 e. The van der Waals surface area contributed by atoms with Gasteiger partial charge in [-0.2, -0.15) is 5.10 Å². The Morgan fingerprint density at radius 2 is 2.22 bits per heavy atom. The summed E-state index contributed by atoms with van der Waals surface area (Å²) < 4.78 is 7.19. The lowest BCUT2D eigenvalue weighted by Crippen LogP contribution is -2.05. The molecule has 0 radical (unpaired) electrons. The van der Waals surface area contributed by atoms with Crippen LogP contribution in [0.15, 0.2) is 30.5 Å². The number of rotatable bonds is 5. The second kappa shape index (κ2) is 5.69. The standard InChI is InChI=1S/C14H19N3O/c1-11-13(8-15-2)10-17(16-11)9-12-5-4-6-14(7-12)18-3/h4-7,10,15H,8-9H2,1-3H3. The lowest BCUT2D eigenvalue weighted by molar-refractivity contribution is 0.414. The summed E-state index contributed by atoms with van der Waals surface area (Å²) in [5.41, 5.74) is 3.50. The van der Waals surface area contributed by atoms with E-state index < -0.39 is 0 Å². The minimum Gasteiger partial charge on any atom is -0.497 e. The van der Waals surface area contributed by atoms with Gasteiger partial charge in [-0.15, -0.1) is 0 Å². The molecule has 2 aromatic rings.